The summed E-state index contributed by atoms with van der Waals surface area (Å²) in [6, 6.07) is 5.40. The number of carbonyl (C=O) groups excluding carboxylic acids is 1. The molecule has 3 nitrogen and oxygen atoms in total. The van der Waals surface area contributed by atoms with Gasteiger partial charge in [-0.15, -0.1) is 0 Å². The smallest absolute Gasteiger partial charge is 0.236 e. The molecule has 92 valence electrons. The van der Waals surface area contributed by atoms with Crippen molar-refractivity contribution in [3.05, 3.63) is 33.8 Å². The van der Waals surface area contributed by atoms with Gasteiger partial charge in [0.15, 0.2) is 0 Å². The Morgan fingerprint density at radius 3 is 2.71 bits per heavy atom. The first-order chi connectivity index (χ1) is 8.18. The maximum Gasteiger partial charge on any atom is 0.236 e. The minimum absolute atomic E-state index is 0.0958. The Balaban J connectivity index is 2.16. The highest BCUT2D eigenvalue weighted by Crippen LogP contribution is 2.25. The summed E-state index contributed by atoms with van der Waals surface area (Å²) in [6.07, 6.45) is 0.952. The third kappa shape index (κ3) is 3.12. The maximum atomic E-state index is 11.8. The van der Waals surface area contributed by atoms with E-state index in [4.69, 9.17) is 23.2 Å². The van der Waals surface area contributed by atoms with E-state index >= 15 is 0 Å². The summed E-state index contributed by atoms with van der Waals surface area (Å²) in [6.45, 7) is 2.49. The van der Waals surface area contributed by atoms with E-state index in [1.807, 2.05) is 0 Å². The molecule has 0 unspecified atom stereocenters. The Labute approximate surface area is 111 Å². The van der Waals surface area contributed by atoms with Crippen LogP contribution in [0.3, 0.4) is 0 Å². The zero-order valence-electron chi connectivity index (χ0n) is 9.38. The Bertz CT molecular complexity index is 403. The van der Waals surface area contributed by atoms with Crippen molar-refractivity contribution in [2.24, 2.45) is 0 Å². The minimum Gasteiger partial charge on any atom is -0.337 e. The summed E-state index contributed by atoms with van der Waals surface area (Å²) in [4.78, 5) is 13.6. The lowest BCUT2D eigenvalue weighted by atomic mass is 10.2. The normalized spacial score (nSPS) is 17.1. The number of halogens is 2. The number of rotatable bonds is 2. The Morgan fingerprint density at radius 1 is 1.29 bits per heavy atom. The molecule has 1 fully saturated rings. The third-order valence-electron chi connectivity index (χ3n) is 2.82. The fourth-order valence-corrected chi connectivity index (χ4v) is 2.39. The number of nitrogens with one attached hydrogen (secondary N) is 1. The second kappa shape index (κ2) is 5.71. The fraction of sp³-hybridized carbons (Fsp3) is 0.417. The average molecular weight is 273 g/mol. The highest BCUT2D eigenvalue weighted by atomic mass is 35.5. The molecule has 1 N–H and O–H groups in total. The van der Waals surface area contributed by atoms with Gasteiger partial charge in [-0.2, -0.15) is 0 Å². The van der Waals surface area contributed by atoms with Crippen molar-refractivity contribution < 1.29 is 4.79 Å². The second-order valence-electron chi connectivity index (χ2n) is 4.05. The first kappa shape index (κ1) is 12.7. The van der Waals surface area contributed by atoms with Gasteiger partial charge >= 0.3 is 0 Å². The zero-order valence-corrected chi connectivity index (χ0v) is 10.9. The van der Waals surface area contributed by atoms with Crippen molar-refractivity contribution in [1.29, 1.82) is 0 Å². The van der Waals surface area contributed by atoms with Gasteiger partial charge in [0.2, 0.25) is 5.91 Å². The van der Waals surface area contributed by atoms with E-state index < -0.39 is 0 Å². The molecule has 1 aliphatic rings. The van der Waals surface area contributed by atoms with E-state index in [0.29, 0.717) is 23.1 Å². The Hall–Kier alpha value is -0.770. The van der Waals surface area contributed by atoms with Crippen LogP contribution < -0.4 is 5.32 Å². The molecule has 1 amide bonds. The minimum atomic E-state index is 0.0958. The van der Waals surface area contributed by atoms with Crippen LogP contribution in [-0.2, 0) is 11.3 Å². The SMILES string of the molecule is O=C1CNCCCN1Cc1c(Cl)cccc1Cl. The molecule has 0 bridgehead atoms. The first-order valence-electron chi connectivity index (χ1n) is 5.60. The summed E-state index contributed by atoms with van der Waals surface area (Å²) in [5.74, 6) is 0.0958. The van der Waals surface area contributed by atoms with Gasteiger partial charge in [0, 0.05) is 28.7 Å². The number of amides is 1. The summed E-state index contributed by atoms with van der Waals surface area (Å²) < 4.78 is 0. The summed E-state index contributed by atoms with van der Waals surface area (Å²) >= 11 is 12.2. The van der Waals surface area contributed by atoms with Crippen LogP contribution in [0.15, 0.2) is 18.2 Å². The molecular formula is C12H14Cl2N2O. The lowest BCUT2D eigenvalue weighted by molar-refractivity contribution is -0.130. The molecule has 1 aromatic rings. The van der Waals surface area contributed by atoms with Gasteiger partial charge in [-0.25, -0.2) is 0 Å². The van der Waals surface area contributed by atoms with Crippen LogP contribution in [0.4, 0.5) is 0 Å². The molecule has 0 spiro atoms. The van der Waals surface area contributed by atoms with Crippen molar-refractivity contribution in [3.63, 3.8) is 0 Å². The molecular weight excluding hydrogens is 259 g/mol. The molecule has 2 rings (SSSR count). The van der Waals surface area contributed by atoms with Gasteiger partial charge in [0.05, 0.1) is 6.54 Å². The molecule has 5 heteroatoms. The largest absolute Gasteiger partial charge is 0.337 e. The molecule has 1 saturated heterocycles. The lowest BCUT2D eigenvalue weighted by Gasteiger charge is -2.21. The maximum absolute atomic E-state index is 11.8. The topological polar surface area (TPSA) is 32.3 Å². The van der Waals surface area contributed by atoms with Gasteiger partial charge < -0.3 is 10.2 Å². The van der Waals surface area contributed by atoms with Crippen LogP contribution in [0.5, 0.6) is 0 Å². The van der Waals surface area contributed by atoms with Gasteiger partial charge in [0.1, 0.15) is 0 Å². The van der Waals surface area contributed by atoms with Crippen molar-refractivity contribution in [1.82, 2.24) is 10.2 Å². The third-order valence-corrected chi connectivity index (χ3v) is 3.53. The molecule has 0 saturated carbocycles. The van der Waals surface area contributed by atoms with Gasteiger partial charge in [-0.05, 0) is 25.1 Å². The zero-order chi connectivity index (χ0) is 12.3. The molecule has 1 heterocycles. The van der Waals surface area contributed by atoms with E-state index in [-0.39, 0.29) is 5.91 Å². The molecule has 0 aromatic heterocycles. The molecule has 1 aromatic carbocycles. The van der Waals surface area contributed by atoms with Gasteiger partial charge in [-0.3, -0.25) is 4.79 Å². The molecule has 1 aliphatic heterocycles. The molecule has 0 radical (unpaired) electrons. The lowest BCUT2D eigenvalue weighted by Crippen LogP contribution is -2.34. The standard InChI is InChI=1S/C12H14Cl2N2O/c13-10-3-1-4-11(14)9(10)8-16-6-2-5-15-7-12(16)17/h1,3-4,15H,2,5-8H2. The summed E-state index contributed by atoms with van der Waals surface area (Å²) in [7, 11) is 0. The number of hydrogen-bond acceptors (Lipinski definition) is 2. The quantitative estimate of drug-likeness (QED) is 0.896. The summed E-state index contributed by atoms with van der Waals surface area (Å²) in [5.41, 5.74) is 0.825. The van der Waals surface area contributed by atoms with Gasteiger partial charge in [-0.1, -0.05) is 29.3 Å². The molecule has 0 aliphatic carbocycles. The number of hydrogen-bond donors (Lipinski definition) is 1. The van der Waals surface area contributed by atoms with Crippen molar-refractivity contribution >= 4 is 29.1 Å². The molecule has 0 atom stereocenters. The fourth-order valence-electron chi connectivity index (χ4n) is 1.87. The number of benzene rings is 1. The van der Waals surface area contributed by atoms with E-state index in [2.05, 4.69) is 5.32 Å². The van der Waals surface area contributed by atoms with Crippen LogP contribution >= 0.6 is 23.2 Å². The van der Waals surface area contributed by atoms with Crippen molar-refractivity contribution in [2.75, 3.05) is 19.6 Å². The molecule has 17 heavy (non-hydrogen) atoms. The predicted molar refractivity (Wildman–Crippen MR) is 69.4 cm³/mol. The number of nitrogens with zero attached hydrogens (tertiary/aromatic N) is 1. The average Bonchev–Trinajstić information content (AvgIpc) is 2.49. The Morgan fingerprint density at radius 2 is 2.00 bits per heavy atom. The van der Waals surface area contributed by atoms with E-state index in [0.717, 1.165) is 25.1 Å². The number of carbonyl (C=O) groups is 1. The van der Waals surface area contributed by atoms with Crippen LogP contribution in [-0.4, -0.2) is 30.4 Å². The second-order valence-corrected chi connectivity index (χ2v) is 4.86. The highest BCUT2D eigenvalue weighted by Gasteiger charge is 2.18. The van der Waals surface area contributed by atoms with Crippen LogP contribution in [0.2, 0.25) is 10.0 Å². The van der Waals surface area contributed by atoms with Crippen LogP contribution in [0.1, 0.15) is 12.0 Å². The monoisotopic (exact) mass is 272 g/mol. The van der Waals surface area contributed by atoms with Crippen LogP contribution in [0.25, 0.3) is 0 Å². The first-order valence-corrected chi connectivity index (χ1v) is 6.35. The highest BCUT2D eigenvalue weighted by molar-refractivity contribution is 6.36. The van der Waals surface area contributed by atoms with Crippen LogP contribution in [0, 0.1) is 0 Å². The van der Waals surface area contributed by atoms with E-state index in [1.165, 1.54) is 0 Å². The predicted octanol–water partition coefficient (Wildman–Crippen LogP) is 2.32. The van der Waals surface area contributed by atoms with E-state index in [1.54, 1.807) is 23.1 Å². The van der Waals surface area contributed by atoms with Crippen molar-refractivity contribution in [3.8, 4) is 0 Å². The Kier molecular flexibility index (Phi) is 4.26. The van der Waals surface area contributed by atoms with Crippen molar-refractivity contribution in [2.45, 2.75) is 13.0 Å². The van der Waals surface area contributed by atoms with E-state index in [9.17, 15) is 4.79 Å². The van der Waals surface area contributed by atoms with Gasteiger partial charge in [0.25, 0.3) is 0 Å². The summed E-state index contributed by atoms with van der Waals surface area (Å²) in [5, 5.41) is 4.31.